The van der Waals surface area contributed by atoms with Crippen molar-refractivity contribution in [3.63, 3.8) is 0 Å². The van der Waals surface area contributed by atoms with Gasteiger partial charge in [0.25, 0.3) is 5.91 Å². The van der Waals surface area contributed by atoms with Crippen molar-refractivity contribution in [1.82, 2.24) is 10.2 Å². The van der Waals surface area contributed by atoms with Gasteiger partial charge >= 0.3 is 5.97 Å². The van der Waals surface area contributed by atoms with Crippen molar-refractivity contribution in [3.05, 3.63) is 82.7 Å². The highest BCUT2D eigenvalue weighted by molar-refractivity contribution is 7.98. The van der Waals surface area contributed by atoms with Crippen LogP contribution in [0.25, 0.3) is 0 Å². The Kier molecular flexibility index (Phi) is 6.70. The highest BCUT2D eigenvalue weighted by Gasteiger charge is 2.23. The van der Waals surface area contributed by atoms with Crippen molar-refractivity contribution in [1.29, 1.82) is 0 Å². The largest absolute Gasteiger partial charge is 0.452 e. The van der Waals surface area contributed by atoms with Gasteiger partial charge in [-0.2, -0.15) is 5.10 Å². The molecule has 0 saturated heterocycles. The molecule has 0 N–H and O–H groups in total. The maximum absolute atomic E-state index is 12.7. The first-order valence-electron chi connectivity index (χ1n) is 10.3. The maximum Gasteiger partial charge on any atom is 0.339 e. The first-order valence-corrected chi connectivity index (χ1v) is 11.3. The Balaban J connectivity index is 1.36. The van der Waals surface area contributed by atoms with Crippen molar-refractivity contribution in [2.75, 3.05) is 13.2 Å². The Morgan fingerprint density at radius 2 is 1.84 bits per heavy atom. The molecule has 1 aromatic heterocycles. The van der Waals surface area contributed by atoms with Crippen molar-refractivity contribution >= 4 is 29.4 Å². The zero-order valence-corrected chi connectivity index (χ0v) is 18.7. The molecule has 3 aromatic rings. The van der Waals surface area contributed by atoms with E-state index in [1.807, 2.05) is 56.3 Å². The molecule has 1 amide bonds. The van der Waals surface area contributed by atoms with Crippen molar-refractivity contribution in [2.45, 2.75) is 30.9 Å². The molecule has 0 bridgehead atoms. The summed E-state index contributed by atoms with van der Waals surface area (Å²) in [4.78, 5) is 26.0. The van der Waals surface area contributed by atoms with E-state index < -0.39 is 5.97 Å². The molecule has 1 aliphatic heterocycles. The van der Waals surface area contributed by atoms with Gasteiger partial charge in [0, 0.05) is 22.6 Å². The number of esters is 1. The third kappa shape index (κ3) is 4.91. The van der Waals surface area contributed by atoms with Crippen LogP contribution in [0, 0.1) is 13.8 Å². The summed E-state index contributed by atoms with van der Waals surface area (Å²) in [6, 6.07) is 16.9. The molecule has 0 saturated carbocycles. The van der Waals surface area contributed by atoms with E-state index in [0.717, 1.165) is 33.2 Å². The fourth-order valence-corrected chi connectivity index (χ4v) is 4.56. The fraction of sp³-hybridized carbons (Fsp3) is 0.250. The molecule has 0 atom stereocenters. The van der Waals surface area contributed by atoms with Gasteiger partial charge in [0.2, 0.25) is 0 Å². The molecule has 0 unspecified atom stereocenters. The number of carbonyl (C=O) groups is 2. The Morgan fingerprint density at radius 1 is 1.09 bits per heavy atom. The first-order chi connectivity index (χ1) is 15.5. The van der Waals surface area contributed by atoms with Crippen LogP contribution in [0.4, 0.5) is 0 Å². The van der Waals surface area contributed by atoms with Crippen molar-refractivity contribution < 1.29 is 18.8 Å². The number of hydrogen-bond donors (Lipinski definition) is 0. The number of benzene rings is 2. The van der Waals surface area contributed by atoms with Crippen molar-refractivity contribution in [3.8, 4) is 0 Å². The van der Waals surface area contributed by atoms with E-state index in [0.29, 0.717) is 24.3 Å². The summed E-state index contributed by atoms with van der Waals surface area (Å²) in [6.07, 6.45) is 0.672. The molecule has 2 heterocycles. The molecule has 1 aliphatic rings. The van der Waals surface area contributed by atoms with Crippen LogP contribution in [-0.4, -0.2) is 40.9 Å². The van der Waals surface area contributed by atoms with E-state index in [4.69, 9.17) is 9.26 Å². The minimum atomic E-state index is -0.535. The molecular weight excluding hydrogens is 426 g/mol. The monoisotopic (exact) mass is 449 g/mol. The lowest BCUT2D eigenvalue weighted by atomic mass is 10.1. The molecule has 0 aliphatic carbocycles. The number of rotatable bonds is 7. The lowest BCUT2D eigenvalue weighted by Crippen LogP contribution is -2.28. The molecule has 7 nitrogen and oxygen atoms in total. The lowest BCUT2D eigenvalue weighted by molar-refractivity contribution is -0.134. The van der Waals surface area contributed by atoms with Gasteiger partial charge < -0.3 is 9.26 Å². The molecule has 32 heavy (non-hydrogen) atoms. The fourth-order valence-electron chi connectivity index (χ4n) is 3.37. The molecule has 164 valence electrons. The van der Waals surface area contributed by atoms with Crippen LogP contribution in [0.2, 0.25) is 0 Å². The number of amides is 1. The van der Waals surface area contributed by atoms with Crippen LogP contribution in [0.3, 0.4) is 0 Å². The maximum atomic E-state index is 12.7. The number of hydrogen-bond acceptors (Lipinski definition) is 7. The second-order valence-electron chi connectivity index (χ2n) is 7.34. The molecular formula is C24H23N3O4S. The molecule has 0 radical (unpaired) electrons. The van der Waals surface area contributed by atoms with Gasteiger partial charge in [0.15, 0.2) is 6.61 Å². The Bertz CT molecular complexity index is 1140. The van der Waals surface area contributed by atoms with Gasteiger partial charge in [-0.1, -0.05) is 47.6 Å². The summed E-state index contributed by atoms with van der Waals surface area (Å²) in [5, 5.41) is 9.72. The van der Waals surface area contributed by atoms with Crippen LogP contribution in [-0.2, 0) is 15.3 Å². The SMILES string of the molecule is Cc1noc(C)c1CSc1ccccc1C(=O)OCC(=O)N1CCC(c2ccccc2)=N1. The van der Waals surface area contributed by atoms with Gasteiger partial charge in [0.1, 0.15) is 5.76 Å². The average Bonchev–Trinajstić information content (AvgIpc) is 3.44. The molecule has 4 rings (SSSR count). The van der Waals surface area contributed by atoms with Gasteiger partial charge in [-0.15, -0.1) is 11.8 Å². The highest BCUT2D eigenvalue weighted by atomic mass is 32.2. The minimum Gasteiger partial charge on any atom is -0.452 e. The standard InChI is InChI=1S/C24H23N3O4S/c1-16-20(17(2)31-26-16)15-32-22-11-7-6-10-19(22)24(29)30-14-23(28)27-13-12-21(25-27)18-8-4-3-5-9-18/h3-11H,12-15H2,1-2H3. The molecule has 8 heteroatoms. The van der Waals surface area contributed by atoms with E-state index in [1.54, 1.807) is 12.1 Å². The van der Waals surface area contributed by atoms with Gasteiger partial charge in [-0.25, -0.2) is 9.80 Å². The number of nitrogens with zero attached hydrogens (tertiary/aromatic N) is 3. The van der Waals surface area contributed by atoms with E-state index in [1.165, 1.54) is 16.8 Å². The second kappa shape index (κ2) is 9.82. The van der Waals surface area contributed by atoms with Gasteiger partial charge in [-0.05, 0) is 31.5 Å². The van der Waals surface area contributed by atoms with E-state index >= 15 is 0 Å². The normalized spacial score (nSPS) is 13.2. The Labute approximate surface area is 190 Å². The molecule has 0 spiro atoms. The van der Waals surface area contributed by atoms with Crippen LogP contribution >= 0.6 is 11.8 Å². The van der Waals surface area contributed by atoms with E-state index in [9.17, 15) is 9.59 Å². The number of carbonyl (C=O) groups excluding carboxylic acids is 2. The van der Waals surface area contributed by atoms with Crippen molar-refractivity contribution in [2.24, 2.45) is 5.10 Å². The summed E-state index contributed by atoms with van der Waals surface area (Å²) in [5.74, 6) is 0.508. The van der Waals surface area contributed by atoms with Crippen LogP contribution < -0.4 is 0 Å². The number of ether oxygens (including phenoxy) is 1. The van der Waals surface area contributed by atoms with Crippen LogP contribution in [0.1, 0.15) is 39.4 Å². The van der Waals surface area contributed by atoms with Gasteiger partial charge in [0.05, 0.1) is 23.5 Å². The highest BCUT2D eigenvalue weighted by Crippen LogP contribution is 2.29. The van der Waals surface area contributed by atoms with E-state index in [-0.39, 0.29) is 12.5 Å². The topological polar surface area (TPSA) is 85.0 Å². The minimum absolute atomic E-state index is 0.342. The third-order valence-corrected chi connectivity index (χ3v) is 6.28. The Morgan fingerprint density at radius 3 is 2.59 bits per heavy atom. The number of aromatic nitrogens is 1. The zero-order chi connectivity index (χ0) is 22.5. The number of aryl methyl sites for hydroxylation is 2. The number of hydrazone groups is 1. The van der Waals surface area contributed by atoms with Crippen LogP contribution in [0.5, 0.6) is 0 Å². The first kappa shape index (κ1) is 21.8. The summed E-state index contributed by atoms with van der Waals surface area (Å²) in [5.41, 5.74) is 4.11. The smallest absolute Gasteiger partial charge is 0.339 e. The second-order valence-corrected chi connectivity index (χ2v) is 8.36. The number of thioether (sulfide) groups is 1. The Hall–Kier alpha value is -3.39. The van der Waals surface area contributed by atoms with Gasteiger partial charge in [-0.3, -0.25) is 4.79 Å². The third-order valence-electron chi connectivity index (χ3n) is 5.18. The summed E-state index contributed by atoms with van der Waals surface area (Å²) in [6.45, 7) is 3.88. The summed E-state index contributed by atoms with van der Waals surface area (Å²) in [7, 11) is 0. The van der Waals surface area contributed by atoms with E-state index in [2.05, 4.69) is 10.3 Å². The molecule has 0 fully saturated rings. The quantitative estimate of drug-likeness (QED) is 0.393. The predicted molar refractivity (Wildman–Crippen MR) is 122 cm³/mol. The molecule has 2 aromatic carbocycles. The zero-order valence-electron chi connectivity index (χ0n) is 17.9. The summed E-state index contributed by atoms with van der Waals surface area (Å²) < 4.78 is 10.5. The summed E-state index contributed by atoms with van der Waals surface area (Å²) >= 11 is 1.50. The predicted octanol–water partition coefficient (Wildman–Crippen LogP) is 4.38. The average molecular weight is 450 g/mol. The lowest BCUT2D eigenvalue weighted by Gasteiger charge is -2.13. The van der Waals surface area contributed by atoms with Crippen LogP contribution in [0.15, 0.2) is 69.1 Å².